The van der Waals surface area contributed by atoms with E-state index in [2.05, 4.69) is 31.2 Å². The quantitative estimate of drug-likeness (QED) is 0.379. The molecule has 3 aromatic carbocycles. The number of rotatable bonds is 7. The van der Waals surface area contributed by atoms with E-state index in [1.807, 2.05) is 55.5 Å². The Morgan fingerprint density at radius 1 is 1.13 bits per heavy atom. The van der Waals surface area contributed by atoms with Crippen LogP contribution in [0.3, 0.4) is 0 Å². The van der Waals surface area contributed by atoms with Gasteiger partial charge >= 0.3 is 0 Å². The fourth-order valence-electron chi connectivity index (χ4n) is 3.49. The topological polar surface area (TPSA) is 76.2 Å². The van der Waals surface area contributed by atoms with Crippen LogP contribution in [0.5, 0.6) is 11.5 Å². The number of hydrogen-bond acceptors (Lipinski definition) is 4. The molecule has 31 heavy (non-hydrogen) atoms. The number of benzene rings is 3. The van der Waals surface area contributed by atoms with Crippen molar-refractivity contribution in [2.24, 2.45) is 0 Å². The molecule has 0 aliphatic heterocycles. The zero-order valence-corrected chi connectivity index (χ0v) is 18.8. The Hall–Kier alpha value is -3.32. The van der Waals surface area contributed by atoms with Crippen molar-refractivity contribution in [3.05, 3.63) is 88.2 Å². The second-order valence-electron chi connectivity index (χ2n) is 6.92. The minimum Gasteiger partial charge on any atom is -0.493 e. The summed E-state index contributed by atoms with van der Waals surface area (Å²) in [4.78, 5) is 20.7. The number of methoxy groups -OCH3 is 1. The smallest absolute Gasteiger partial charge is 0.252 e. The molecule has 0 unspecified atom stereocenters. The molecule has 0 fully saturated rings. The summed E-state index contributed by atoms with van der Waals surface area (Å²) in [5.41, 5.74) is 4.19. The number of ether oxygens (including phenoxy) is 2. The second kappa shape index (κ2) is 9.22. The summed E-state index contributed by atoms with van der Waals surface area (Å²) in [5, 5.41) is 3.16. The summed E-state index contributed by atoms with van der Waals surface area (Å²) >= 11 is 3.49. The van der Waals surface area contributed by atoms with E-state index in [1.165, 1.54) is 0 Å². The maximum absolute atomic E-state index is 13.3. The fourth-order valence-corrected chi connectivity index (χ4v) is 4.04. The van der Waals surface area contributed by atoms with Crippen LogP contribution in [0.2, 0.25) is 0 Å². The van der Waals surface area contributed by atoms with Gasteiger partial charge in [0.15, 0.2) is 11.5 Å². The van der Waals surface area contributed by atoms with Crippen LogP contribution in [0.15, 0.2) is 71.5 Å². The maximum Gasteiger partial charge on any atom is 0.252 e. The van der Waals surface area contributed by atoms with Crippen LogP contribution in [0, 0.1) is 0 Å². The van der Waals surface area contributed by atoms with Gasteiger partial charge in [-0.15, -0.1) is 0 Å². The van der Waals surface area contributed by atoms with Crippen LogP contribution >= 0.6 is 15.9 Å². The van der Waals surface area contributed by atoms with E-state index in [1.54, 1.807) is 25.6 Å². The van der Waals surface area contributed by atoms with Gasteiger partial charge in [0.2, 0.25) is 0 Å². The number of halogens is 1. The van der Waals surface area contributed by atoms with E-state index >= 15 is 0 Å². The Morgan fingerprint density at radius 3 is 2.68 bits per heavy atom. The lowest BCUT2D eigenvalue weighted by Gasteiger charge is -2.21. The third-order valence-electron chi connectivity index (χ3n) is 4.97. The van der Waals surface area contributed by atoms with Crippen molar-refractivity contribution in [1.29, 1.82) is 0 Å². The third kappa shape index (κ3) is 4.41. The molecule has 0 aliphatic rings. The molecule has 0 radical (unpaired) electrons. The van der Waals surface area contributed by atoms with Gasteiger partial charge in [-0.25, -0.2) is 4.98 Å². The molecule has 0 spiro atoms. The molecule has 7 heteroatoms. The van der Waals surface area contributed by atoms with Gasteiger partial charge in [0.05, 0.1) is 41.6 Å². The first-order chi connectivity index (χ1) is 15.1. The van der Waals surface area contributed by atoms with Gasteiger partial charge in [-0.05, 0) is 58.2 Å². The standard InChI is InChI=1S/C24H22BrN3O3/c1-3-31-23-18(25)11-17(13-21(23)30-2)24(29)28-22(15-7-5-4-6-8-15)16-9-10-19-20(12-16)27-14-26-19/h4-14,22H,3H2,1-2H3,(H,26,27)(H,28,29)/t22-/m1/s1. The molecule has 4 aromatic rings. The average molecular weight is 480 g/mol. The highest BCUT2D eigenvalue weighted by Gasteiger charge is 2.21. The van der Waals surface area contributed by atoms with Crippen LogP contribution in [0.1, 0.15) is 34.5 Å². The molecule has 0 saturated heterocycles. The minimum atomic E-state index is -0.335. The van der Waals surface area contributed by atoms with Crippen LogP contribution in [0.25, 0.3) is 11.0 Å². The van der Waals surface area contributed by atoms with E-state index in [0.717, 1.165) is 22.2 Å². The number of nitrogens with zero attached hydrogens (tertiary/aromatic N) is 1. The summed E-state index contributed by atoms with van der Waals surface area (Å²) in [5.74, 6) is 0.850. The van der Waals surface area contributed by atoms with Crippen molar-refractivity contribution in [1.82, 2.24) is 15.3 Å². The third-order valence-corrected chi connectivity index (χ3v) is 5.56. The van der Waals surface area contributed by atoms with Gasteiger partial charge < -0.3 is 19.8 Å². The highest BCUT2D eigenvalue weighted by Crippen LogP contribution is 2.37. The largest absolute Gasteiger partial charge is 0.493 e. The summed E-state index contributed by atoms with van der Waals surface area (Å²) in [7, 11) is 1.55. The number of aromatic nitrogens is 2. The Morgan fingerprint density at radius 2 is 1.94 bits per heavy atom. The normalized spacial score (nSPS) is 11.8. The van der Waals surface area contributed by atoms with Crippen LogP contribution in [-0.4, -0.2) is 29.6 Å². The van der Waals surface area contributed by atoms with Gasteiger partial charge in [0.25, 0.3) is 5.91 Å². The Bertz CT molecular complexity index is 1210. The van der Waals surface area contributed by atoms with Crippen molar-refractivity contribution in [3.63, 3.8) is 0 Å². The molecule has 0 bridgehead atoms. The van der Waals surface area contributed by atoms with Crippen LogP contribution < -0.4 is 14.8 Å². The molecular formula is C24H22BrN3O3. The average Bonchev–Trinajstić information content (AvgIpc) is 3.27. The SMILES string of the molecule is CCOc1c(Br)cc(C(=O)N[C@H](c2ccccc2)c2ccc3nc[nH]c3c2)cc1OC. The van der Waals surface area contributed by atoms with E-state index in [9.17, 15) is 4.79 Å². The summed E-state index contributed by atoms with van der Waals surface area (Å²) < 4.78 is 11.7. The number of H-pyrrole nitrogens is 1. The zero-order valence-electron chi connectivity index (χ0n) is 17.2. The molecule has 0 saturated carbocycles. The van der Waals surface area contributed by atoms with Crippen molar-refractivity contribution < 1.29 is 14.3 Å². The van der Waals surface area contributed by atoms with Crippen molar-refractivity contribution in [2.45, 2.75) is 13.0 Å². The molecule has 0 aliphatic carbocycles. The number of amides is 1. The lowest BCUT2D eigenvalue weighted by atomic mass is 9.97. The number of carbonyl (C=O) groups is 1. The fraction of sp³-hybridized carbons (Fsp3) is 0.167. The van der Waals surface area contributed by atoms with E-state index < -0.39 is 0 Å². The van der Waals surface area contributed by atoms with Crippen molar-refractivity contribution in [2.75, 3.05) is 13.7 Å². The van der Waals surface area contributed by atoms with Crippen LogP contribution in [-0.2, 0) is 0 Å². The molecule has 1 aromatic heterocycles. The first kappa shape index (κ1) is 20.9. The molecule has 4 rings (SSSR count). The number of aromatic amines is 1. The first-order valence-corrected chi connectivity index (χ1v) is 10.7. The Kier molecular flexibility index (Phi) is 6.23. The predicted octanol–water partition coefficient (Wildman–Crippen LogP) is 5.25. The lowest BCUT2D eigenvalue weighted by molar-refractivity contribution is 0.0942. The molecule has 158 valence electrons. The highest BCUT2D eigenvalue weighted by atomic mass is 79.9. The molecule has 1 atom stereocenters. The predicted molar refractivity (Wildman–Crippen MR) is 124 cm³/mol. The first-order valence-electron chi connectivity index (χ1n) is 9.90. The van der Waals surface area contributed by atoms with Gasteiger partial charge in [0.1, 0.15) is 0 Å². The lowest BCUT2D eigenvalue weighted by Crippen LogP contribution is -2.29. The Balaban J connectivity index is 1.70. The van der Waals surface area contributed by atoms with Crippen molar-refractivity contribution >= 4 is 32.9 Å². The highest BCUT2D eigenvalue weighted by molar-refractivity contribution is 9.10. The Labute approximate surface area is 188 Å². The van der Waals surface area contributed by atoms with Crippen molar-refractivity contribution in [3.8, 4) is 11.5 Å². The second-order valence-corrected chi connectivity index (χ2v) is 7.77. The van der Waals surface area contributed by atoms with Gasteiger partial charge in [0, 0.05) is 5.56 Å². The van der Waals surface area contributed by atoms with Crippen LogP contribution in [0.4, 0.5) is 0 Å². The minimum absolute atomic E-state index is 0.222. The van der Waals surface area contributed by atoms with Gasteiger partial charge in [-0.3, -0.25) is 4.79 Å². The molecule has 1 heterocycles. The van der Waals surface area contributed by atoms with E-state index in [-0.39, 0.29) is 11.9 Å². The molecule has 1 amide bonds. The molecular weight excluding hydrogens is 458 g/mol. The molecule has 6 nitrogen and oxygen atoms in total. The monoisotopic (exact) mass is 479 g/mol. The maximum atomic E-state index is 13.3. The number of imidazole rings is 1. The molecule has 2 N–H and O–H groups in total. The summed E-state index contributed by atoms with van der Waals surface area (Å²) in [6, 6.07) is 18.9. The number of nitrogens with one attached hydrogen (secondary N) is 2. The van der Waals surface area contributed by atoms with E-state index in [4.69, 9.17) is 9.47 Å². The van der Waals surface area contributed by atoms with Gasteiger partial charge in [-0.1, -0.05) is 36.4 Å². The van der Waals surface area contributed by atoms with Gasteiger partial charge in [-0.2, -0.15) is 0 Å². The number of carbonyl (C=O) groups excluding carboxylic acids is 1. The number of fused-ring (bicyclic) bond motifs is 1. The summed E-state index contributed by atoms with van der Waals surface area (Å²) in [6.45, 7) is 2.39. The number of hydrogen-bond donors (Lipinski definition) is 2. The summed E-state index contributed by atoms with van der Waals surface area (Å²) in [6.07, 6.45) is 1.66. The zero-order chi connectivity index (χ0) is 21.8. The van der Waals surface area contributed by atoms with E-state index in [0.29, 0.717) is 28.1 Å².